The van der Waals surface area contributed by atoms with Gasteiger partial charge in [0.25, 0.3) is 10.2 Å². The van der Waals surface area contributed by atoms with Gasteiger partial charge in [0.1, 0.15) is 18.0 Å². The molecule has 0 unspecified atom stereocenters. The average molecular weight is 481 g/mol. The van der Waals surface area contributed by atoms with Crippen molar-refractivity contribution in [2.24, 2.45) is 0 Å². The van der Waals surface area contributed by atoms with Crippen LogP contribution in [0.5, 0.6) is 5.75 Å². The summed E-state index contributed by atoms with van der Waals surface area (Å²) in [4.78, 5) is 25.6. The lowest BCUT2D eigenvalue weighted by atomic mass is 9.98. The van der Waals surface area contributed by atoms with Gasteiger partial charge in [0, 0.05) is 50.1 Å². The highest BCUT2D eigenvalue weighted by Crippen LogP contribution is 2.28. The standard InChI is InChI=1S/C21H21F2N3O6S/c1-24-33(29,30)25-17-6-4-5-12(19(17)23)9-15-16(11-22)14-8-7-13(31-21(28)26(2)3)10-18(14)32-20(15)27/h4-8,10,24-25H,9,11H2,1-3H3. The molecule has 3 aromatic rings. The molecule has 0 saturated carbocycles. The first kappa shape index (κ1) is 24.1. The van der Waals surface area contributed by atoms with Crippen molar-refractivity contribution in [1.29, 1.82) is 0 Å². The summed E-state index contributed by atoms with van der Waals surface area (Å²) in [6.07, 6.45) is -0.987. The second-order valence-electron chi connectivity index (χ2n) is 7.17. The van der Waals surface area contributed by atoms with E-state index in [2.05, 4.69) is 0 Å². The number of nitrogens with zero attached hydrogens (tertiary/aromatic N) is 1. The first-order valence-corrected chi connectivity index (χ1v) is 11.1. The summed E-state index contributed by atoms with van der Waals surface area (Å²) < 4.78 is 66.7. The van der Waals surface area contributed by atoms with Crippen molar-refractivity contribution in [3.05, 3.63) is 69.3 Å². The second-order valence-corrected chi connectivity index (χ2v) is 8.78. The van der Waals surface area contributed by atoms with Gasteiger partial charge in [-0.15, -0.1) is 0 Å². The van der Waals surface area contributed by atoms with Crippen LogP contribution in [0, 0.1) is 5.82 Å². The summed E-state index contributed by atoms with van der Waals surface area (Å²) >= 11 is 0. The predicted molar refractivity (Wildman–Crippen MR) is 118 cm³/mol. The fraction of sp³-hybridized carbons (Fsp3) is 0.238. The maximum Gasteiger partial charge on any atom is 0.414 e. The Bertz CT molecular complexity index is 1370. The molecular weight excluding hydrogens is 460 g/mol. The van der Waals surface area contributed by atoms with E-state index in [1.165, 1.54) is 55.4 Å². The van der Waals surface area contributed by atoms with Crippen LogP contribution in [0.1, 0.15) is 16.7 Å². The number of amides is 1. The van der Waals surface area contributed by atoms with Crippen LogP contribution in [-0.2, 0) is 23.3 Å². The van der Waals surface area contributed by atoms with Crippen LogP contribution in [0.15, 0.2) is 45.6 Å². The smallest absolute Gasteiger partial charge is 0.414 e. The molecule has 3 rings (SSSR count). The SMILES string of the molecule is CNS(=O)(=O)Nc1cccc(Cc2c(CF)c3ccc(OC(=O)N(C)C)cc3oc2=O)c1F. The first-order chi connectivity index (χ1) is 15.6. The zero-order valence-corrected chi connectivity index (χ0v) is 18.8. The normalized spacial score (nSPS) is 11.4. The number of anilines is 1. The molecule has 0 bridgehead atoms. The van der Waals surface area contributed by atoms with Gasteiger partial charge in [-0.25, -0.2) is 23.1 Å². The number of hydrogen-bond acceptors (Lipinski definition) is 6. The average Bonchev–Trinajstić information content (AvgIpc) is 2.76. The molecule has 1 amide bonds. The molecule has 176 valence electrons. The molecule has 33 heavy (non-hydrogen) atoms. The molecule has 1 aromatic heterocycles. The summed E-state index contributed by atoms with van der Waals surface area (Å²) in [5, 5.41) is 0.254. The lowest BCUT2D eigenvalue weighted by Crippen LogP contribution is -2.27. The molecule has 2 aromatic carbocycles. The molecule has 0 aliphatic heterocycles. The van der Waals surface area contributed by atoms with Gasteiger partial charge >= 0.3 is 11.7 Å². The van der Waals surface area contributed by atoms with E-state index >= 15 is 0 Å². The maximum atomic E-state index is 14.9. The molecule has 0 saturated heterocycles. The largest absolute Gasteiger partial charge is 0.422 e. The van der Waals surface area contributed by atoms with Crippen molar-refractivity contribution in [3.63, 3.8) is 0 Å². The number of nitrogens with one attached hydrogen (secondary N) is 2. The van der Waals surface area contributed by atoms with Gasteiger partial charge in [-0.05, 0) is 23.8 Å². The molecule has 0 radical (unpaired) electrons. The zero-order chi connectivity index (χ0) is 24.3. The lowest BCUT2D eigenvalue weighted by molar-refractivity contribution is 0.172. The van der Waals surface area contributed by atoms with Crippen LogP contribution in [-0.4, -0.2) is 40.6 Å². The molecule has 9 nitrogen and oxygen atoms in total. The Morgan fingerprint density at radius 2 is 1.91 bits per heavy atom. The Morgan fingerprint density at radius 3 is 2.55 bits per heavy atom. The maximum absolute atomic E-state index is 14.9. The van der Waals surface area contributed by atoms with Crippen molar-refractivity contribution >= 4 is 33.0 Å². The second kappa shape index (κ2) is 9.55. The zero-order valence-electron chi connectivity index (χ0n) is 17.9. The van der Waals surface area contributed by atoms with Gasteiger partial charge in [-0.2, -0.15) is 8.42 Å². The third kappa shape index (κ3) is 5.29. The van der Waals surface area contributed by atoms with Gasteiger partial charge in [0.2, 0.25) is 0 Å². The Balaban J connectivity index is 2.03. The molecule has 12 heteroatoms. The molecule has 0 aliphatic rings. The van der Waals surface area contributed by atoms with Crippen LogP contribution in [0.3, 0.4) is 0 Å². The van der Waals surface area contributed by atoms with E-state index in [-0.39, 0.29) is 45.5 Å². The van der Waals surface area contributed by atoms with Crippen LogP contribution in [0.25, 0.3) is 11.0 Å². The van der Waals surface area contributed by atoms with Crippen LogP contribution < -0.4 is 19.8 Å². The van der Waals surface area contributed by atoms with Gasteiger partial charge in [0.15, 0.2) is 5.82 Å². The number of carbonyl (C=O) groups excluding carboxylic acids is 1. The molecule has 0 aliphatic carbocycles. The molecule has 0 fully saturated rings. The summed E-state index contributed by atoms with van der Waals surface area (Å²) in [5.41, 5.74) is -1.39. The number of rotatable bonds is 7. The van der Waals surface area contributed by atoms with Crippen LogP contribution >= 0.6 is 0 Å². The number of hydrogen-bond donors (Lipinski definition) is 2. The van der Waals surface area contributed by atoms with E-state index in [0.717, 1.165) is 7.05 Å². The summed E-state index contributed by atoms with van der Waals surface area (Å²) in [7, 11) is 0.175. The highest BCUT2D eigenvalue weighted by atomic mass is 32.2. The Kier molecular flexibility index (Phi) is 6.98. The van der Waals surface area contributed by atoms with Crippen molar-refractivity contribution in [2.45, 2.75) is 13.1 Å². The van der Waals surface area contributed by atoms with Gasteiger partial charge in [0.05, 0.1) is 5.69 Å². The number of halogens is 2. The third-order valence-corrected chi connectivity index (χ3v) is 5.78. The first-order valence-electron chi connectivity index (χ1n) is 9.58. The van der Waals surface area contributed by atoms with E-state index in [4.69, 9.17) is 9.15 Å². The van der Waals surface area contributed by atoms with Crippen molar-refractivity contribution in [2.75, 3.05) is 25.9 Å². The predicted octanol–water partition coefficient (Wildman–Crippen LogP) is 2.93. The van der Waals surface area contributed by atoms with E-state index in [1.807, 2.05) is 9.44 Å². The number of carbonyl (C=O) groups is 1. The third-order valence-electron chi connectivity index (χ3n) is 4.75. The lowest BCUT2D eigenvalue weighted by Gasteiger charge is -2.13. The topological polar surface area (TPSA) is 118 Å². The van der Waals surface area contributed by atoms with E-state index in [1.54, 1.807) is 0 Å². The highest BCUT2D eigenvalue weighted by molar-refractivity contribution is 7.90. The van der Waals surface area contributed by atoms with Crippen LogP contribution in [0.2, 0.25) is 0 Å². The molecule has 2 N–H and O–H groups in total. The minimum absolute atomic E-state index is 0.00328. The van der Waals surface area contributed by atoms with Crippen LogP contribution in [0.4, 0.5) is 19.3 Å². The monoisotopic (exact) mass is 481 g/mol. The van der Waals surface area contributed by atoms with E-state index in [9.17, 15) is 26.8 Å². The molecular formula is C21H21F2N3O6S. The number of benzene rings is 2. The van der Waals surface area contributed by atoms with Crippen molar-refractivity contribution in [3.8, 4) is 5.75 Å². The van der Waals surface area contributed by atoms with Gasteiger partial charge < -0.3 is 14.1 Å². The minimum atomic E-state index is -3.97. The number of fused-ring (bicyclic) bond motifs is 1. The molecule has 1 heterocycles. The Labute approximate surface area is 188 Å². The van der Waals surface area contributed by atoms with Gasteiger partial charge in [-0.1, -0.05) is 12.1 Å². The van der Waals surface area contributed by atoms with Crippen molar-refractivity contribution < 1.29 is 31.1 Å². The van der Waals surface area contributed by atoms with E-state index < -0.39 is 34.4 Å². The quantitative estimate of drug-likeness (QED) is 0.501. The Morgan fingerprint density at radius 1 is 1.18 bits per heavy atom. The summed E-state index contributed by atoms with van der Waals surface area (Å²) in [6.45, 7) is -1.04. The fourth-order valence-corrected chi connectivity index (χ4v) is 3.60. The fourth-order valence-electron chi connectivity index (χ4n) is 3.05. The number of alkyl halides is 1. The highest BCUT2D eigenvalue weighted by Gasteiger charge is 2.20. The van der Waals surface area contributed by atoms with Gasteiger partial charge in [-0.3, -0.25) is 4.72 Å². The number of ether oxygens (including phenoxy) is 1. The Hall–Kier alpha value is -3.51. The summed E-state index contributed by atoms with van der Waals surface area (Å²) in [5.74, 6) is -0.816. The minimum Gasteiger partial charge on any atom is -0.422 e. The van der Waals surface area contributed by atoms with Crippen molar-refractivity contribution in [1.82, 2.24) is 9.62 Å². The molecule has 0 atom stereocenters. The molecule has 0 spiro atoms. The summed E-state index contributed by atoms with van der Waals surface area (Å²) in [6, 6.07) is 8.10. The van der Waals surface area contributed by atoms with E-state index in [0.29, 0.717) is 0 Å².